The summed E-state index contributed by atoms with van der Waals surface area (Å²) in [5, 5.41) is 0. The Balaban J connectivity index is 2.25. The Labute approximate surface area is 91.0 Å². The lowest BCUT2D eigenvalue weighted by molar-refractivity contribution is -0.157. The third-order valence-corrected chi connectivity index (χ3v) is 4.37. The van der Waals surface area contributed by atoms with Crippen molar-refractivity contribution in [3.8, 4) is 0 Å². The van der Waals surface area contributed by atoms with Gasteiger partial charge in [-0.1, -0.05) is 24.6 Å². The van der Waals surface area contributed by atoms with Crippen LogP contribution in [0.25, 0.3) is 0 Å². The first-order chi connectivity index (χ1) is 6.87. The SMILES string of the molecule is C=CC(=O)OC1(C)CC(C)C2=C(C)C21C. The van der Waals surface area contributed by atoms with Crippen molar-refractivity contribution in [3.05, 3.63) is 23.8 Å². The Bertz CT molecular complexity index is 380. The van der Waals surface area contributed by atoms with Crippen LogP contribution in [-0.2, 0) is 9.53 Å². The highest BCUT2D eigenvalue weighted by molar-refractivity contribution is 5.82. The highest BCUT2D eigenvalue weighted by Crippen LogP contribution is 2.70. The molecule has 0 N–H and O–H groups in total. The molecule has 0 bridgehead atoms. The number of hydrogen-bond acceptors (Lipinski definition) is 2. The summed E-state index contributed by atoms with van der Waals surface area (Å²) in [6.45, 7) is 12.0. The van der Waals surface area contributed by atoms with Gasteiger partial charge in [-0.2, -0.15) is 0 Å². The van der Waals surface area contributed by atoms with Crippen LogP contribution in [0.1, 0.15) is 34.1 Å². The molecule has 2 aliphatic carbocycles. The Morgan fingerprint density at radius 3 is 2.60 bits per heavy atom. The lowest BCUT2D eigenvalue weighted by Crippen LogP contribution is -2.39. The van der Waals surface area contributed by atoms with Crippen molar-refractivity contribution in [3.63, 3.8) is 0 Å². The predicted octanol–water partition coefficient (Wildman–Crippen LogP) is 2.85. The van der Waals surface area contributed by atoms with Crippen LogP contribution in [0.15, 0.2) is 23.8 Å². The molecule has 0 spiro atoms. The molecule has 1 fully saturated rings. The first-order valence-corrected chi connectivity index (χ1v) is 5.44. The molecule has 82 valence electrons. The molecule has 3 unspecified atom stereocenters. The second-order valence-corrected chi connectivity index (χ2v) is 5.12. The average Bonchev–Trinajstić information content (AvgIpc) is 2.63. The van der Waals surface area contributed by atoms with E-state index in [0.717, 1.165) is 6.42 Å². The Hall–Kier alpha value is -1.05. The van der Waals surface area contributed by atoms with E-state index in [1.54, 1.807) is 0 Å². The third kappa shape index (κ3) is 1.08. The molecule has 0 aromatic rings. The van der Waals surface area contributed by atoms with E-state index in [9.17, 15) is 4.79 Å². The number of carbonyl (C=O) groups excluding carboxylic acids is 1. The number of esters is 1. The number of fused-ring (bicyclic) bond motifs is 1. The van der Waals surface area contributed by atoms with Crippen molar-refractivity contribution in [2.24, 2.45) is 11.3 Å². The van der Waals surface area contributed by atoms with Crippen LogP contribution in [0, 0.1) is 11.3 Å². The summed E-state index contributed by atoms with van der Waals surface area (Å²) in [4.78, 5) is 11.3. The molecule has 15 heavy (non-hydrogen) atoms. The molecule has 0 saturated heterocycles. The summed E-state index contributed by atoms with van der Waals surface area (Å²) in [7, 11) is 0. The van der Waals surface area contributed by atoms with E-state index in [2.05, 4.69) is 27.4 Å². The Morgan fingerprint density at radius 2 is 2.20 bits per heavy atom. The number of rotatable bonds is 2. The molecular weight excluding hydrogens is 188 g/mol. The van der Waals surface area contributed by atoms with Gasteiger partial charge >= 0.3 is 5.97 Å². The highest BCUT2D eigenvalue weighted by Gasteiger charge is 2.67. The van der Waals surface area contributed by atoms with Crippen molar-refractivity contribution in [2.75, 3.05) is 0 Å². The number of hydrogen-bond donors (Lipinski definition) is 0. The molecule has 2 aliphatic rings. The van der Waals surface area contributed by atoms with E-state index < -0.39 is 0 Å². The molecule has 0 heterocycles. The molecule has 1 saturated carbocycles. The molecule has 0 aromatic carbocycles. The number of ether oxygens (including phenoxy) is 1. The molecular formula is C13H18O2. The van der Waals surface area contributed by atoms with Crippen LogP contribution in [0.3, 0.4) is 0 Å². The zero-order valence-corrected chi connectivity index (χ0v) is 9.89. The summed E-state index contributed by atoms with van der Waals surface area (Å²) in [5.41, 5.74) is 2.55. The first kappa shape index (κ1) is 10.5. The molecule has 2 nitrogen and oxygen atoms in total. The highest BCUT2D eigenvalue weighted by atomic mass is 16.6. The monoisotopic (exact) mass is 206 g/mol. The number of carbonyl (C=O) groups is 1. The van der Waals surface area contributed by atoms with Gasteiger partial charge in [-0.15, -0.1) is 0 Å². The van der Waals surface area contributed by atoms with Crippen molar-refractivity contribution in [1.82, 2.24) is 0 Å². The molecule has 0 radical (unpaired) electrons. The zero-order valence-electron chi connectivity index (χ0n) is 9.89. The standard InChI is InChI=1S/C13H18O2/c1-6-10(14)15-12(4)7-8(2)11-9(3)13(11,12)5/h6,8H,1,7H2,2-5H3. The fraction of sp³-hybridized carbons (Fsp3) is 0.615. The van der Waals surface area contributed by atoms with E-state index in [4.69, 9.17) is 4.74 Å². The topological polar surface area (TPSA) is 26.3 Å². The van der Waals surface area contributed by atoms with Gasteiger partial charge in [-0.3, -0.25) is 0 Å². The maximum absolute atomic E-state index is 11.3. The van der Waals surface area contributed by atoms with E-state index in [0.29, 0.717) is 5.92 Å². The van der Waals surface area contributed by atoms with Crippen LogP contribution in [0.2, 0.25) is 0 Å². The van der Waals surface area contributed by atoms with Gasteiger partial charge in [0.25, 0.3) is 0 Å². The average molecular weight is 206 g/mol. The normalized spacial score (nSPS) is 42.5. The molecule has 2 heteroatoms. The van der Waals surface area contributed by atoms with E-state index in [1.807, 2.05) is 6.92 Å². The maximum Gasteiger partial charge on any atom is 0.330 e. The quantitative estimate of drug-likeness (QED) is 0.394. The largest absolute Gasteiger partial charge is 0.455 e. The van der Waals surface area contributed by atoms with E-state index in [1.165, 1.54) is 17.2 Å². The van der Waals surface area contributed by atoms with Gasteiger partial charge < -0.3 is 4.74 Å². The second kappa shape index (κ2) is 2.75. The third-order valence-electron chi connectivity index (χ3n) is 4.37. The van der Waals surface area contributed by atoms with Crippen LogP contribution >= 0.6 is 0 Å². The summed E-state index contributed by atoms with van der Waals surface area (Å²) in [6.07, 6.45) is 2.17. The van der Waals surface area contributed by atoms with Gasteiger partial charge in [0.15, 0.2) is 0 Å². The van der Waals surface area contributed by atoms with Gasteiger partial charge in [0.2, 0.25) is 0 Å². The minimum Gasteiger partial charge on any atom is -0.455 e. The first-order valence-electron chi connectivity index (χ1n) is 5.44. The summed E-state index contributed by atoms with van der Waals surface area (Å²) < 4.78 is 5.55. The second-order valence-electron chi connectivity index (χ2n) is 5.12. The lowest BCUT2D eigenvalue weighted by atomic mass is 9.84. The summed E-state index contributed by atoms with van der Waals surface area (Å²) in [6, 6.07) is 0. The molecule has 3 atom stereocenters. The van der Waals surface area contributed by atoms with Crippen molar-refractivity contribution in [1.29, 1.82) is 0 Å². The minimum atomic E-state index is -0.364. The smallest absolute Gasteiger partial charge is 0.330 e. The van der Waals surface area contributed by atoms with Crippen LogP contribution in [0.5, 0.6) is 0 Å². The van der Waals surface area contributed by atoms with Gasteiger partial charge in [0, 0.05) is 11.5 Å². The molecule has 0 aromatic heterocycles. The predicted molar refractivity (Wildman–Crippen MR) is 59.3 cm³/mol. The summed E-state index contributed by atoms with van der Waals surface area (Å²) >= 11 is 0. The van der Waals surface area contributed by atoms with Crippen LogP contribution in [0.4, 0.5) is 0 Å². The molecule has 0 aliphatic heterocycles. The van der Waals surface area contributed by atoms with Gasteiger partial charge in [-0.05, 0) is 33.1 Å². The Morgan fingerprint density at radius 1 is 1.60 bits per heavy atom. The zero-order chi connectivity index (χ0) is 11.4. The lowest BCUT2D eigenvalue weighted by Gasteiger charge is -2.33. The maximum atomic E-state index is 11.3. The van der Waals surface area contributed by atoms with Gasteiger partial charge in [0.05, 0.1) is 0 Å². The molecule has 2 rings (SSSR count). The van der Waals surface area contributed by atoms with Crippen LogP contribution in [-0.4, -0.2) is 11.6 Å². The molecule has 0 amide bonds. The van der Waals surface area contributed by atoms with Crippen LogP contribution < -0.4 is 0 Å². The fourth-order valence-electron chi connectivity index (χ4n) is 3.40. The fourth-order valence-corrected chi connectivity index (χ4v) is 3.40. The van der Waals surface area contributed by atoms with Crippen molar-refractivity contribution < 1.29 is 9.53 Å². The Kier molecular flexibility index (Phi) is 1.92. The van der Waals surface area contributed by atoms with Gasteiger partial charge in [0.1, 0.15) is 5.60 Å². The summed E-state index contributed by atoms with van der Waals surface area (Å²) in [5.74, 6) is 0.226. The van der Waals surface area contributed by atoms with E-state index >= 15 is 0 Å². The van der Waals surface area contributed by atoms with Crippen molar-refractivity contribution in [2.45, 2.75) is 39.7 Å². The van der Waals surface area contributed by atoms with Gasteiger partial charge in [-0.25, -0.2) is 4.79 Å². The van der Waals surface area contributed by atoms with Crippen molar-refractivity contribution >= 4 is 5.97 Å². The minimum absolute atomic E-state index is 0.0189. The van der Waals surface area contributed by atoms with E-state index in [-0.39, 0.29) is 17.0 Å².